The minimum atomic E-state index is 0.681. The van der Waals surface area contributed by atoms with Crippen LogP contribution in [0.2, 0.25) is 0 Å². The molecule has 0 aliphatic carbocycles. The molecule has 0 spiro atoms. The van der Waals surface area contributed by atoms with Gasteiger partial charge in [-0.3, -0.25) is 0 Å². The third kappa shape index (κ3) is 13.8. The van der Waals surface area contributed by atoms with Gasteiger partial charge in [-0.05, 0) is 32.9 Å². The Morgan fingerprint density at radius 2 is 1.40 bits per heavy atom. The number of methoxy groups -OCH3 is 1. The van der Waals surface area contributed by atoms with Crippen LogP contribution >= 0.6 is 0 Å². The molecule has 0 aliphatic heterocycles. The van der Waals surface area contributed by atoms with E-state index < -0.39 is 0 Å². The normalized spacial score (nSPS) is 10.8. The summed E-state index contributed by atoms with van der Waals surface area (Å²) in [5.74, 6) is 0. The van der Waals surface area contributed by atoms with Gasteiger partial charge in [0.1, 0.15) is 0 Å². The highest BCUT2D eigenvalue weighted by molar-refractivity contribution is 4.41. The van der Waals surface area contributed by atoms with Crippen LogP contribution in [-0.2, 0) is 14.2 Å². The number of nitrogens with one attached hydrogen (secondary N) is 1. The molecule has 92 valence electrons. The van der Waals surface area contributed by atoms with Crippen molar-refractivity contribution in [1.82, 2.24) is 5.32 Å². The summed E-state index contributed by atoms with van der Waals surface area (Å²) >= 11 is 0. The summed E-state index contributed by atoms with van der Waals surface area (Å²) in [5.41, 5.74) is 0. The Morgan fingerprint density at radius 3 is 2.00 bits per heavy atom. The highest BCUT2D eigenvalue weighted by Crippen LogP contribution is 1.92. The van der Waals surface area contributed by atoms with E-state index >= 15 is 0 Å². The van der Waals surface area contributed by atoms with E-state index in [-0.39, 0.29) is 0 Å². The van der Waals surface area contributed by atoms with Gasteiger partial charge in [0.05, 0.1) is 13.2 Å². The molecule has 0 atom stereocenters. The molecule has 0 heterocycles. The maximum atomic E-state index is 5.44. The molecule has 0 rings (SSSR count). The van der Waals surface area contributed by atoms with E-state index in [2.05, 4.69) is 5.32 Å². The van der Waals surface area contributed by atoms with Crippen molar-refractivity contribution in [3.63, 3.8) is 0 Å². The van der Waals surface area contributed by atoms with Crippen molar-refractivity contribution in [2.75, 3.05) is 53.7 Å². The molecule has 0 aliphatic rings. The second-order valence-corrected chi connectivity index (χ2v) is 3.38. The molecule has 15 heavy (non-hydrogen) atoms. The lowest BCUT2D eigenvalue weighted by molar-refractivity contribution is 0.0626. The smallest absolute Gasteiger partial charge is 0.0700 e. The van der Waals surface area contributed by atoms with Crippen LogP contribution in [0.1, 0.15) is 19.3 Å². The summed E-state index contributed by atoms with van der Waals surface area (Å²) < 4.78 is 15.6. The van der Waals surface area contributed by atoms with Crippen LogP contribution in [0.15, 0.2) is 0 Å². The van der Waals surface area contributed by atoms with E-state index in [0.29, 0.717) is 13.2 Å². The Bertz CT molecular complexity index is 100. The zero-order valence-corrected chi connectivity index (χ0v) is 10.1. The second kappa shape index (κ2) is 13.8. The van der Waals surface area contributed by atoms with Crippen molar-refractivity contribution in [1.29, 1.82) is 0 Å². The zero-order chi connectivity index (χ0) is 11.2. The zero-order valence-electron chi connectivity index (χ0n) is 10.1. The van der Waals surface area contributed by atoms with E-state index in [4.69, 9.17) is 14.2 Å². The molecule has 0 aromatic heterocycles. The van der Waals surface area contributed by atoms with E-state index in [1.807, 2.05) is 7.05 Å². The highest BCUT2D eigenvalue weighted by atomic mass is 16.5. The monoisotopic (exact) mass is 219 g/mol. The summed E-state index contributed by atoms with van der Waals surface area (Å²) in [4.78, 5) is 0. The SMILES string of the molecule is CNCCCOCCCCOCCOC. The minimum absolute atomic E-state index is 0.681. The Balaban J connectivity index is 2.81. The number of rotatable bonds is 12. The highest BCUT2D eigenvalue weighted by Gasteiger charge is 1.91. The Labute approximate surface area is 93.3 Å². The van der Waals surface area contributed by atoms with Gasteiger partial charge in [0.15, 0.2) is 0 Å². The predicted molar refractivity (Wildman–Crippen MR) is 61.3 cm³/mol. The molecule has 0 saturated carbocycles. The molecule has 4 nitrogen and oxygen atoms in total. The largest absolute Gasteiger partial charge is 0.382 e. The Kier molecular flexibility index (Phi) is 13.7. The first-order valence-electron chi connectivity index (χ1n) is 5.71. The van der Waals surface area contributed by atoms with Crippen molar-refractivity contribution in [3.8, 4) is 0 Å². The second-order valence-electron chi connectivity index (χ2n) is 3.38. The summed E-state index contributed by atoms with van der Waals surface area (Å²) in [6, 6.07) is 0. The standard InChI is InChI=1S/C11H25NO3/c1-12-6-5-9-14-7-3-4-8-15-11-10-13-2/h12H,3-11H2,1-2H3. The lowest BCUT2D eigenvalue weighted by atomic mass is 10.3. The molecule has 0 fully saturated rings. The van der Waals surface area contributed by atoms with Gasteiger partial charge < -0.3 is 19.5 Å². The first kappa shape index (κ1) is 14.8. The van der Waals surface area contributed by atoms with E-state index in [0.717, 1.165) is 45.6 Å². The topological polar surface area (TPSA) is 39.7 Å². The summed E-state index contributed by atoms with van der Waals surface area (Å²) in [5, 5.41) is 3.09. The molecule has 0 unspecified atom stereocenters. The minimum Gasteiger partial charge on any atom is -0.382 e. The van der Waals surface area contributed by atoms with Crippen LogP contribution in [-0.4, -0.2) is 53.7 Å². The number of ether oxygens (including phenoxy) is 3. The number of hydrogen-bond donors (Lipinski definition) is 1. The lowest BCUT2D eigenvalue weighted by Gasteiger charge is -2.05. The van der Waals surface area contributed by atoms with Crippen molar-refractivity contribution in [3.05, 3.63) is 0 Å². The molecule has 0 aromatic carbocycles. The molecule has 1 N–H and O–H groups in total. The number of unbranched alkanes of at least 4 members (excludes halogenated alkanes) is 1. The fraction of sp³-hybridized carbons (Fsp3) is 1.00. The maximum Gasteiger partial charge on any atom is 0.0700 e. The van der Waals surface area contributed by atoms with Gasteiger partial charge in [-0.15, -0.1) is 0 Å². The van der Waals surface area contributed by atoms with Gasteiger partial charge in [-0.25, -0.2) is 0 Å². The molecule has 0 amide bonds. The summed E-state index contributed by atoms with van der Waals surface area (Å²) in [6.45, 7) is 4.91. The van der Waals surface area contributed by atoms with Gasteiger partial charge in [0.2, 0.25) is 0 Å². The van der Waals surface area contributed by atoms with Crippen LogP contribution in [0.4, 0.5) is 0 Å². The van der Waals surface area contributed by atoms with Gasteiger partial charge in [-0.1, -0.05) is 0 Å². The van der Waals surface area contributed by atoms with Gasteiger partial charge in [-0.2, -0.15) is 0 Å². The van der Waals surface area contributed by atoms with Crippen LogP contribution in [0, 0.1) is 0 Å². The average Bonchev–Trinajstić information content (AvgIpc) is 2.26. The third-order valence-electron chi connectivity index (χ3n) is 1.97. The maximum absolute atomic E-state index is 5.44. The molecule has 0 saturated heterocycles. The first-order chi connectivity index (χ1) is 7.41. The van der Waals surface area contributed by atoms with Crippen molar-refractivity contribution in [2.24, 2.45) is 0 Å². The first-order valence-corrected chi connectivity index (χ1v) is 5.71. The van der Waals surface area contributed by atoms with Gasteiger partial charge in [0.25, 0.3) is 0 Å². The average molecular weight is 219 g/mol. The van der Waals surface area contributed by atoms with Crippen LogP contribution in [0.25, 0.3) is 0 Å². The van der Waals surface area contributed by atoms with Crippen LogP contribution in [0.5, 0.6) is 0 Å². The molecule has 0 aromatic rings. The van der Waals surface area contributed by atoms with Crippen molar-refractivity contribution >= 4 is 0 Å². The van der Waals surface area contributed by atoms with Crippen molar-refractivity contribution in [2.45, 2.75) is 19.3 Å². The van der Waals surface area contributed by atoms with Crippen LogP contribution in [0.3, 0.4) is 0 Å². The number of hydrogen-bond acceptors (Lipinski definition) is 4. The summed E-state index contributed by atoms with van der Waals surface area (Å²) in [7, 11) is 3.64. The molecular weight excluding hydrogens is 194 g/mol. The fourth-order valence-electron chi connectivity index (χ4n) is 1.11. The van der Waals surface area contributed by atoms with E-state index in [1.54, 1.807) is 7.11 Å². The quantitative estimate of drug-likeness (QED) is 0.498. The predicted octanol–water partition coefficient (Wildman–Crippen LogP) is 1.06. The molecule has 4 heteroatoms. The van der Waals surface area contributed by atoms with Crippen LogP contribution < -0.4 is 5.32 Å². The molecular formula is C11H25NO3. The van der Waals surface area contributed by atoms with E-state index in [1.165, 1.54) is 0 Å². The fourth-order valence-corrected chi connectivity index (χ4v) is 1.11. The van der Waals surface area contributed by atoms with E-state index in [9.17, 15) is 0 Å². The van der Waals surface area contributed by atoms with Gasteiger partial charge >= 0.3 is 0 Å². The van der Waals surface area contributed by atoms with Crippen molar-refractivity contribution < 1.29 is 14.2 Å². The third-order valence-corrected chi connectivity index (χ3v) is 1.97. The molecule has 0 radical (unpaired) electrons. The molecule has 0 bridgehead atoms. The Hall–Kier alpha value is -0.160. The lowest BCUT2D eigenvalue weighted by Crippen LogP contribution is -2.11. The van der Waals surface area contributed by atoms with Gasteiger partial charge in [0, 0.05) is 26.9 Å². The Morgan fingerprint density at radius 1 is 0.800 bits per heavy atom. The summed E-state index contributed by atoms with van der Waals surface area (Å²) in [6.07, 6.45) is 3.23.